The third-order valence-electron chi connectivity index (χ3n) is 2.79. The van der Waals surface area contributed by atoms with E-state index in [1.807, 2.05) is 12.1 Å². The summed E-state index contributed by atoms with van der Waals surface area (Å²) in [4.78, 5) is 11.4. The number of carbonyl (C=O) groups excluding carboxylic acids is 1. The van der Waals surface area contributed by atoms with Crippen LogP contribution < -0.4 is 10.6 Å². The highest BCUT2D eigenvalue weighted by molar-refractivity contribution is 5.74. The fraction of sp³-hybridized carbons (Fsp3) is 0.357. The molecule has 0 aliphatic heterocycles. The number of rotatable bonds is 5. The van der Waals surface area contributed by atoms with E-state index in [-0.39, 0.29) is 11.8 Å². The lowest BCUT2D eigenvalue weighted by Crippen LogP contribution is -2.33. The molecule has 0 unspecified atom stereocenters. The highest BCUT2D eigenvalue weighted by atomic mass is 19.1. The first-order chi connectivity index (χ1) is 8.74. The standard InChI is InChI=1S/C14H17FN2O/c15-13-3-1-2-12(10-13)7-9-17-14(18)16-8-6-11-4-5-11/h1-3,6,8,10-11H,4-5,7,9H2,(H2,16,17,18)/b8-6+. The molecule has 1 saturated carbocycles. The van der Waals surface area contributed by atoms with Gasteiger partial charge in [0.2, 0.25) is 0 Å². The molecule has 0 bridgehead atoms. The number of halogens is 1. The van der Waals surface area contributed by atoms with Gasteiger partial charge in [-0.2, -0.15) is 0 Å². The van der Waals surface area contributed by atoms with E-state index in [1.54, 1.807) is 12.3 Å². The van der Waals surface area contributed by atoms with Gasteiger partial charge in [-0.15, -0.1) is 0 Å². The zero-order valence-corrected chi connectivity index (χ0v) is 10.2. The fourth-order valence-corrected chi connectivity index (χ4v) is 1.61. The number of hydrogen-bond acceptors (Lipinski definition) is 1. The Morgan fingerprint density at radius 1 is 1.44 bits per heavy atom. The Balaban J connectivity index is 1.63. The number of hydrogen-bond donors (Lipinski definition) is 2. The van der Waals surface area contributed by atoms with Gasteiger partial charge in [-0.25, -0.2) is 9.18 Å². The van der Waals surface area contributed by atoms with Gasteiger partial charge in [-0.05, 0) is 42.9 Å². The van der Waals surface area contributed by atoms with Crippen LogP contribution in [0.1, 0.15) is 18.4 Å². The SMILES string of the molecule is O=C(N/C=C/C1CC1)NCCc1cccc(F)c1. The maximum absolute atomic E-state index is 12.9. The lowest BCUT2D eigenvalue weighted by molar-refractivity contribution is 0.244. The maximum atomic E-state index is 12.9. The Hall–Kier alpha value is -1.84. The summed E-state index contributed by atoms with van der Waals surface area (Å²) in [6.45, 7) is 0.493. The van der Waals surface area contributed by atoms with E-state index >= 15 is 0 Å². The predicted octanol–water partition coefficient (Wildman–Crippen LogP) is 2.59. The number of carbonyl (C=O) groups is 1. The van der Waals surface area contributed by atoms with Crippen LogP contribution in [0.4, 0.5) is 9.18 Å². The molecule has 2 rings (SSSR count). The molecular formula is C14H17FN2O. The summed E-state index contributed by atoms with van der Waals surface area (Å²) in [5.41, 5.74) is 0.879. The lowest BCUT2D eigenvalue weighted by atomic mass is 10.1. The van der Waals surface area contributed by atoms with Gasteiger partial charge in [0.15, 0.2) is 0 Å². The van der Waals surface area contributed by atoms with Crippen LogP contribution in [0.3, 0.4) is 0 Å². The van der Waals surface area contributed by atoms with Gasteiger partial charge < -0.3 is 10.6 Å². The highest BCUT2D eigenvalue weighted by Crippen LogP contribution is 2.29. The second kappa shape index (κ2) is 6.19. The van der Waals surface area contributed by atoms with Crippen molar-refractivity contribution in [1.82, 2.24) is 10.6 Å². The van der Waals surface area contributed by atoms with Crippen molar-refractivity contribution in [2.45, 2.75) is 19.3 Å². The molecule has 0 saturated heterocycles. The van der Waals surface area contributed by atoms with E-state index in [9.17, 15) is 9.18 Å². The number of nitrogens with one attached hydrogen (secondary N) is 2. The van der Waals surface area contributed by atoms with Crippen molar-refractivity contribution in [2.24, 2.45) is 5.92 Å². The first kappa shape index (κ1) is 12.6. The van der Waals surface area contributed by atoms with Crippen LogP contribution in [0, 0.1) is 11.7 Å². The second-order valence-electron chi connectivity index (χ2n) is 4.48. The summed E-state index contributed by atoms with van der Waals surface area (Å²) in [6, 6.07) is 6.18. The summed E-state index contributed by atoms with van der Waals surface area (Å²) in [7, 11) is 0. The third-order valence-corrected chi connectivity index (χ3v) is 2.79. The van der Waals surface area contributed by atoms with Crippen molar-refractivity contribution >= 4 is 6.03 Å². The number of allylic oxidation sites excluding steroid dienone is 1. The van der Waals surface area contributed by atoms with E-state index in [1.165, 1.54) is 25.0 Å². The molecule has 1 aromatic carbocycles. The lowest BCUT2D eigenvalue weighted by Gasteiger charge is -2.04. The molecule has 0 atom stereocenters. The molecular weight excluding hydrogens is 231 g/mol. The van der Waals surface area contributed by atoms with Gasteiger partial charge in [0.05, 0.1) is 0 Å². The van der Waals surface area contributed by atoms with E-state index in [2.05, 4.69) is 10.6 Å². The van der Waals surface area contributed by atoms with Gasteiger partial charge >= 0.3 is 6.03 Å². The third kappa shape index (κ3) is 4.57. The summed E-state index contributed by atoms with van der Waals surface area (Å²) in [6.07, 6.45) is 6.76. The molecule has 2 N–H and O–H groups in total. The molecule has 1 fully saturated rings. The van der Waals surface area contributed by atoms with Crippen molar-refractivity contribution in [1.29, 1.82) is 0 Å². The molecule has 4 heteroatoms. The van der Waals surface area contributed by atoms with Crippen molar-refractivity contribution < 1.29 is 9.18 Å². The van der Waals surface area contributed by atoms with E-state index in [0.29, 0.717) is 18.9 Å². The first-order valence-corrected chi connectivity index (χ1v) is 6.19. The van der Waals surface area contributed by atoms with Crippen LogP contribution in [0.15, 0.2) is 36.5 Å². The second-order valence-corrected chi connectivity index (χ2v) is 4.48. The van der Waals surface area contributed by atoms with Crippen LogP contribution >= 0.6 is 0 Å². The minimum atomic E-state index is -0.246. The average Bonchev–Trinajstić information content (AvgIpc) is 3.13. The monoisotopic (exact) mass is 248 g/mol. The van der Waals surface area contributed by atoms with Crippen molar-refractivity contribution in [2.75, 3.05) is 6.54 Å². The van der Waals surface area contributed by atoms with Crippen LogP contribution in [-0.2, 0) is 6.42 Å². The van der Waals surface area contributed by atoms with Gasteiger partial charge in [-0.1, -0.05) is 18.2 Å². The number of benzene rings is 1. The van der Waals surface area contributed by atoms with E-state index < -0.39 is 0 Å². The molecule has 1 aliphatic carbocycles. The van der Waals surface area contributed by atoms with E-state index in [4.69, 9.17) is 0 Å². The van der Waals surface area contributed by atoms with E-state index in [0.717, 1.165) is 5.56 Å². The molecule has 0 aromatic heterocycles. The smallest absolute Gasteiger partial charge is 0.318 e. The summed E-state index contributed by atoms with van der Waals surface area (Å²) in [5, 5.41) is 5.37. The number of urea groups is 1. The van der Waals surface area contributed by atoms with Crippen LogP contribution in [0.2, 0.25) is 0 Å². The minimum absolute atomic E-state index is 0.219. The van der Waals surface area contributed by atoms with Crippen LogP contribution in [-0.4, -0.2) is 12.6 Å². The van der Waals surface area contributed by atoms with Crippen molar-refractivity contribution in [3.63, 3.8) is 0 Å². The van der Waals surface area contributed by atoms with Gasteiger partial charge in [0.1, 0.15) is 5.82 Å². The number of amides is 2. The Labute approximate surface area is 106 Å². The van der Waals surface area contributed by atoms with Gasteiger partial charge in [0, 0.05) is 12.7 Å². The quantitative estimate of drug-likeness (QED) is 0.826. The molecule has 3 nitrogen and oxygen atoms in total. The molecule has 0 spiro atoms. The molecule has 1 aliphatic rings. The Bertz CT molecular complexity index is 441. The summed E-state index contributed by atoms with van der Waals surface area (Å²) < 4.78 is 12.9. The molecule has 96 valence electrons. The largest absolute Gasteiger partial charge is 0.338 e. The molecule has 0 radical (unpaired) electrons. The molecule has 0 heterocycles. The van der Waals surface area contributed by atoms with Crippen molar-refractivity contribution in [3.05, 3.63) is 47.9 Å². The predicted molar refractivity (Wildman–Crippen MR) is 68.5 cm³/mol. The zero-order chi connectivity index (χ0) is 12.8. The fourth-order valence-electron chi connectivity index (χ4n) is 1.61. The van der Waals surface area contributed by atoms with Crippen molar-refractivity contribution in [3.8, 4) is 0 Å². The summed E-state index contributed by atoms with van der Waals surface area (Å²) >= 11 is 0. The van der Waals surface area contributed by atoms with Crippen LogP contribution in [0.25, 0.3) is 0 Å². The maximum Gasteiger partial charge on any atom is 0.318 e. The first-order valence-electron chi connectivity index (χ1n) is 6.19. The van der Waals surface area contributed by atoms with Gasteiger partial charge in [0.25, 0.3) is 0 Å². The Morgan fingerprint density at radius 2 is 2.28 bits per heavy atom. The van der Waals surface area contributed by atoms with Crippen LogP contribution in [0.5, 0.6) is 0 Å². The molecule has 2 amide bonds. The van der Waals surface area contributed by atoms with Gasteiger partial charge in [-0.3, -0.25) is 0 Å². The Kier molecular flexibility index (Phi) is 4.34. The molecule has 18 heavy (non-hydrogen) atoms. The highest BCUT2D eigenvalue weighted by Gasteiger charge is 2.16. The Morgan fingerprint density at radius 3 is 3.00 bits per heavy atom. The summed E-state index contributed by atoms with van der Waals surface area (Å²) in [5.74, 6) is 0.405. The average molecular weight is 248 g/mol. The topological polar surface area (TPSA) is 41.1 Å². The zero-order valence-electron chi connectivity index (χ0n) is 10.2. The normalized spacial score (nSPS) is 14.7. The minimum Gasteiger partial charge on any atom is -0.338 e. The molecule has 1 aromatic rings.